The van der Waals surface area contributed by atoms with Crippen molar-refractivity contribution in [1.82, 2.24) is 9.88 Å². The number of hydrogen-bond donors (Lipinski definition) is 0. The van der Waals surface area contributed by atoms with Gasteiger partial charge in [-0.2, -0.15) is 0 Å². The molecule has 3 aromatic rings. The molecule has 118 valence electrons. The second-order valence-electron chi connectivity index (χ2n) is 5.77. The Morgan fingerprint density at radius 3 is 3.09 bits per heavy atom. The molecule has 2 aromatic heterocycles. The zero-order valence-electron chi connectivity index (χ0n) is 12.6. The van der Waals surface area contributed by atoms with Crippen LogP contribution in [0.5, 0.6) is 0 Å². The van der Waals surface area contributed by atoms with Crippen molar-refractivity contribution < 1.29 is 4.42 Å². The van der Waals surface area contributed by atoms with Gasteiger partial charge in [0.15, 0.2) is 5.76 Å². The minimum absolute atomic E-state index is 0.497. The number of nitrogens with zero attached hydrogens (tertiary/aromatic N) is 2. The summed E-state index contributed by atoms with van der Waals surface area (Å²) in [5, 5.41) is 2.85. The number of aromatic nitrogens is 1. The standard InChI is InChI=1S/C18H17ClN2OS/c19-14-5-1-4-13(10-14)16-11-20-18(22-16)12-21-8-2-6-15(21)17-7-3-9-23-17/h1,3-5,7,9-11,15H,2,6,8,12H2. The molecule has 4 rings (SSSR count). The van der Waals surface area contributed by atoms with Gasteiger partial charge in [-0.15, -0.1) is 11.3 Å². The molecule has 1 saturated heterocycles. The molecule has 1 aromatic carbocycles. The average Bonchev–Trinajstić information content (AvgIpc) is 3.29. The Labute approximate surface area is 144 Å². The Morgan fingerprint density at radius 1 is 1.30 bits per heavy atom. The lowest BCUT2D eigenvalue weighted by Crippen LogP contribution is -2.22. The van der Waals surface area contributed by atoms with Crippen LogP contribution in [0.25, 0.3) is 11.3 Å². The summed E-state index contributed by atoms with van der Waals surface area (Å²) in [6, 6.07) is 12.5. The highest BCUT2D eigenvalue weighted by molar-refractivity contribution is 7.10. The minimum Gasteiger partial charge on any atom is -0.439 e. The second-order valence-corrected chi connectivity index (χ2v) is 7.19. The molecule has 23 heavy (non-hydrogen) atoms. The molecule has 1 unspecified atom stereocenters. The van der Waals surface area contributed by atoms with Gasteiger partial charge in [0.2, 0.25) is 5.89 Å². The Kier molecular flexibility index (Phi) is 4.21. The third kappa shape index (κ3) is 3.20. The van der Waals surface area contributed by atoms with Gasteiger partial charge >= 0.3 is 0 Å². The predicted molar refractivity (Wildman–Crippen MR) is 93.7 cm³/mol. The summed E-state index contributed by atoms with van der Waals surface area (Å²) in [5.74, 6) is 1.54. The molecular weight excluding hydrogens is 328 g/mol. The maximum atomic E-state index is 6.05. The predicted octanol–water partition coefficient (Wildman–Crippen LogP) is 5.39. The van der Waals surface area contributed by atoms with Gasteiger partial charge in [-0.25, -0.2) is 4.98 Å². The van der Waals surface area contributed by atoms with Crippen molar-refractivity contribution in [3.05, 3.63) is 63.8 Å². The molecule has 0 amide bonds. The first-order valence-corrected chi connectivity index (χ1v) is 9.03. The molecule has 5 heteroatoms. The Bertz CT molecular complexity index is 784. The maximum Gasteiger partial charge on any atom is 0.209 e. The maximum absolute atomic E-state index is 6.05. The zero-order valence-corrected chi connectivity index (χ0v) is 14.2. The number of halogens is 1. The van der Waals surface area contributed by atoms with Crippen LogP contribution in [-0.2, 0) is 6.54 Å². The second kappa shape index (κ2) is 6.48. The van der Waals surface area contributed by atoms with Crippen LogP contribution in [0.4, 0.5) is 0 Å². The van der Waals surface area contributed by atoms with E-state index in [1.165, 1.54) is 17.7 Å². The summed E-state index contributed by atoms with van der Waals surface area (Å²) < 4.78 is 5.94. The van der Waals surface area contributed by atoms with Crippen molar-refractivity contribution in [3.63, 3.8) is 0 Å². The molecule has 0 radical (unpaired) electrons. The normalized spacial score (nSPS) is 18.6. The number of benzene rings is 1. The highest BCUT2D eigenvalue weighted by Crippen LogP contribution is 2.35. The molecule has 3 nitrogen and oxygen atoms in total. The number of thiophene rings is 1. The topological polar surface area (TPSA) is 29.3 Å². The largest absolute Gasteiger partial charge is 0.439 e. The van der Waals surface area contributed by atoms with Crippen LogP contribution in [0.3, 0.4) is 0 Å². The lowest BCUT2D eigenvalue weighted by Gasteiger charge is -2.21. The molecule has 0 spiro atoms. The molecule has 1 aliphatic rings. The van der Waals surface area contributed by atoms with E-state index in [1.807, 2.05) is 35.6 Å². The molecular formula is C18H17ClN2OS. The first-order chi connectivity index (χ1) is 11.3. The zero-order chi connectivity index (χ0) is 15.6. The third-order valence-electron chi connectivity index (χ3n) is 4.24. The minimum atomic E-state index is 0.497. The third-order valence-corrected chi connectivity index (χ3v) is 5.44. The fourth-order valence-electron chi connectivity index (χ4n) is 3.15. The van der Waals surface area contributed by atoms with Crippen LogP contribution in [-0.4, -0.2) is 16.4 Å². The van der Waals surface area contributed by atoms with E-state index >= 15 is 0 Å². The molecule has 0 bridgehead atoms. The van der Waals surface area contributed by atoms with E-state index in [9.17, 15) is 0 Å². The summed E-state index contributed by atoms with van der Waals surface area (Å²) in [7, 11) is 0. The van der Waals surface area contributed by atoms with E-state index in [-0.39, 0.29) is 0 Å². The van der Waals surface area contributed by atoms with Crippen LogP contribution in [0, 0.1) is 0 Å². The van der Waals surface area contributed by atoms with Crippen LogP contribution in [0.15, 0.2) is 52.4 Å². The molecule has 0 aliphatic carbocycles. The lowest BCUT2D eigenvalue weighted by atomic mass is 10.2. The van der Waals surface area contributed by atoms with E-state index in [0.717, 1.165) is 30.3 Å². The summed E-state index contributed by atoms with van der Waals surface area (Å²) in [4.78, 5) is 8.35. The van der Waals surface area contributed by atoms with Crippen molar-refractivity contribution in [2.75, 3.05) is 6.54 Å². The van der Waals surface area contributed by atoms with Crippen molar-refractivity contribution in [3.8, 4) is 11.3 Å². The van der Waals surface area contributed by atoms with Crippen LogP contribution in [0.1, 0.15) is 29.7 Å². The van der Waals surface area contributed by atoms with Crippen molar-refractivity contribution >= 4 is 22.9 Å². The first kappa shape index (κ1) is 14.9. The van der Waals surface area contributed by atoms with Gasteiger partial charge in [-0.05, 0) is 43.0 Å². The van der Waals surface area contributed by atoms with Crippen LogP contribution in [0.2, 0.25) is 5.02 Å². The number of oxazole rings is 1. The van der Waals surface area contributed by atoms with Gasteiger partial charge in [-0.1, -0.05) is 29.8 Å². The molecule has 3 heterocycles. The van der Waals surface area contributed by atoms with Crippen molar-refractivity contribution in [1.29, 1.82) is 0 Å². The summed E-state index contributed by atoms with van der Waals surface area (Å²) in [5.41, 5.74) is 0.965. The smallest absolute Gasteiger partial charge is 0.209 e. The number of likely N-dealkylation sites (tertiary alicyclic amines) is 1. The van der Waals surface area contributed by atoms with Crippen molar-refractivity contribution in [2.45, 2.75) is 25.4 Å². The monoisotopic (exact) mass is 344 g/mol. The van der Waals surface area contributed by atoms with Crippen LogP contribution < -0.4 is 0 Å². The van der Waals surface area contributed by atoms with E-state index in [2.05, 4.69) is 27.4 Å². The fourth-order valence-corrected chi connectivity index (χ4v) is 4.24. The highest BCUT2D eigenvalue weighted by atomic mass is 35.5. The Balaban J connectivity index is 1.51. The van der Waals surface area contributed by atoms with Crippen molar-refractivity contribution in [2.24, 2.45) is 0 Å². The fraction of sp³-hybridized carbons (Fsp3) is 0.278. The average molecular weight is 345 g/mol. The molecule has 1 atom stereocenters. The number of hydrogen-bond acceptors (Lipinski definition) is 4. The van der Waals surface area contributed by atoms with Gasteiger partial charge in [0.1, 0.15) is 0 Å². The first-order valence-electron chi connectivity index (χ1n) is 7.78. The molecule has 0 saturated carbocycles. The molecule has 1 fully saturated rings. The lowest BCUT2D eigenvalue weighted by molar-refractivity contribution is 0.227. The quantitative estimate of drug-likeness (QED) is 0.635. The number of rotatable bonds is 4. The SMILES string of the molecule is Clc1cccc(-c2cnc(CN3CCCC3c3cccs3)o2)c1. The van der Waals surface area contributed by atoms with Gasteiger partial charge in [0, 0.05) is 21.5 Å². The van der Waals surface area contributed by atoms with E-state index in [4.69, 9.17) is 16.0 Å². The van der Waals surface area contributed by atoms with E-state index < -0.39 is 0 Å². The molecule has 0 N–H and O–H groups in total. The van der Waals surface area contributed by atoms with E-state index in [0.29, 0.717) is 11.1 Å². The van der Waals surface area contributed by atoms with Gasteiger partial charge in [0.05, 0.1) is 12.7 Å². The molecule has 1 aliphatic heterocycles. The van der Waals surface area contributed by atoms with E-state index in [1.54, 1.807) is 6.20 Å². The summed E-state index contributed by atoms with van der Waals surface area (Å²) in [6.45, 7) is 1.85. The van der Waals surface area contributed by atoms with Gasteiger partial charge < -0.3 is 4.42 Å². The Morgan fingerprint density at radius 2 is 2.26 bits per heavy atom. The van der Waals surface area contributed by atoms with Gasteiger partial charge in [-0.3, -0.25) is 4.90 Å². The van der Waals surface area contributed by atoms with Gasteiger partial charge in [0.25, 0.3) is 0 Å². The highest BCUT2D eigenvalue weighted by Gasteiger charge is 2.27. The summed E-state index contributed by atoms with van der Waals surface area (Å²) in [6.07, 6.45) is 4.23. The Hall–Kier alpha value is -1.62. The van der Waals surface area contributed by atoms with Crippen LogP contribution >= 0.6 is 22.9 Å². The summed E-state index contributed by atoms with van der Waals surface area (Å²) >= 11 is 7.88.